The molecule has 16 heavy (non-hydrogen) atoms. The molecule has 0 aromatic heterocycles. The summed E-state index contributed by atoms with van der Waals surface area (Å²) in [6.45, 7) is 0. The number of rotatable bonds is 2. The van der Waals surface area contributed by atoms with Crippen LogP contribution in [-0.4, -0.2) is 14.2 Å². The first-order chi connectivity index (χ1) is 6.36. The van der Waals surface area contributed by atoms with Gasteiger partial charge in [0.1, 0.15) is 0 Å². The van der Waals surface area contributed by atoms with Crippen LogP contribution in [-0.2, 0) is 25.8 Å². The van der Waals surface area contributed by atoms with Crippen molar-refractivity contribution in [3.63, 3.8) is 0 Å². The van der Waals surface area contributed by atoms with Crippen molar-refractivity contribution in [3.8, 4) is 11.5 Å². The molecule has 0 amide bonds. The molecule has 0 spiro atoms. The van der Waals surface area contributed by atoms with Gasteiger partial charge in [0.25, 0.3) is 0 Å². The maximum absolute atomic E-state index is 5.23. The molecule has 0 fully saturated rings. The van der Waals surface area contributed by atoms with Gasteiger partial charge in [0, 0.05) is 5.75 Å². The minimum Gasteiger partial charge on any atom is -1.00 e. The summed E-state index contributed by atoms with van der Waals surface area (Å²) in [7, 11) is 3.35. The van der Waals surface area contributed by atoms with Gasteiger partial charge in [-0.3, -0.25) is 0 Å². The number of fused-ring (bicyclic) bond motifs is 1. The van der Waals surface area contributed by atoms with E-state index >= 15 is 0 Å². The zero-order valence-corrected chi connectivity index (χ0v) is 14.1. The van der Waals surface area contributed by atoms with Crippen LogP contribution in [0.15, 0.2) is 30.3 Å². The summed E-state index contributed by atoms with van der Waals surface area (Å²) in [5.41, 5.74) is 0. The van der Waals surface area contributed by atoms with Crippen LogP contribution in [0.5, 0.6) is 11.5 Å². The van der Waals surface area contributed by atoms with Crippen molar-refractivity contribution >= 4 is 10.8 Å². The van der Waals surface area contributed by atoms with E-state index in [1.807, 2.05) is 30.3 Å². The van der Waals surface area contributed by atoms with Crippen molar-refractivity contribution in [1.29, 1.82) is 0 Å². The van der Waals surface area contributed by atoms with E-state index in [-0.39, 0.29) is 50.7 Å². The first-order valence-electron chi connectivity index (χ1n) is 4.13. The molecule has 0 bridgehead atoms. The number of halogens is 2. The maximum atomic E-state index is 5.23. The standard InChI is InChI=1S/C11H11O2.2ClH.Hf/c1-12-10-6-7-11(13-2)9-5-3-4-8(9)10;;;/h3-7H,1-2H3;2*1H;/q-1;;;+4/p-2. The number of benzene rings is 1. The average Bonchev–Trinajstić information content (AvgIpc) is 2.64. The molecule has 84 valence electrons. The topological polar surface area (TPSA) is 18.5 Å². The molecule has 5 heteroatoms. The van der Waals surface area contributed by atoms with Gasteiger partial charge < -0.3 is 34.3 Å². The summed E-state index contributed by atoms with van der Waals surface area (Å²) >= 11 is 0. The van der Waals surface area contributed by atoms with Crippen LogP contribution < -0.4 is 34.3 Å². The molecule has 0 aliphatic rings. The summed E-state index contributed by atoms with van der Waals surface area (Å²) in [6.07, 6.45) is 0. The predicted molar refractivity (Wildman–Crippen MR) is 52.6 cm³/mol. The number of hydrogen-bond donors (Lipinski definition) is 0. The second kappa shape index (κ2) is 8.04. The number of hydrogen-bond acceptors (Lipinski definition) is 2. The van der Waals surface area contributed by atoms with Crippen LogP contribution in [0.3, 0.4) is 0 Å². The molecule has 0 aliphatic carbocycles. The van der Waals surface area contributed by atoms with Crippen molar-refractivity contribution in [2.75, 3.05) is 14.2 Å². The van der Waals surface area contributed by atoms with Crippen LogP contribution in [0.1, 0.15) is 0 Å². The van der Waals surface area contributed by atoms with E-state index in [9.17, 15) is 0 Å². The molecule has 2 nitrogen and oxygen atoms in total. The van der Waals surface area contributed by atoms with E-state index in [0.29, 0.717) is 0 Å². The maximum Gasteiger partial charge on any atom is 4.00 e. The summed E-state index contributed by atoms with van der Waals surface area (Å²) in [5.74, 6) is 1.78. The summed E-state index contributed by atoms with van der Waals surface area (Å²) < 4.78 is 10.5. The fraction of sp³-hybridized carbons (Fsp3) is 0.182. The monoisotopic (exact) mass is 425 g/mol. The van der Waals surface area contributed by atoms with E-state index in [1.165, 1.54) is 0 Å². The molecule has 0 radical (unpaired) electrons. The molecule has 0 unspecified atom stereocenters. The molecule has 0 aliphatic heterocycles. The second-order valence-corrected chi connectivity index (χ2v) is 2.82. The van der Waals surface area contributed by atoms with Crippen molar-refractivity contribution in [2.24, 2.45) is 0 Å². The Morgan fingerprint density at radius 2 is 1.50 bits per heavy atom. The third kappa shape index (κ3) is 3.19. The third-order valence-corrected chi connectivity index (χ3v) is 2.17. The molecule has 2 aromatic carbocycles. The minimum atomic E-state index is 0. The Hall–Kier alpha value is -0.120. The second-order valence-electron chi connectivity index (χ2n) is 2.82. The Morgan fingerprint density at radius 1 is 0.938 bits per heavy atom. The number of ether oxygens (including phenoxy) is 2. The van der Waals surface area contributed by atoms with Crippen LogP contribution in [0.2, 0.25) is 0 Å². The van der Waals surface area contributed by atoms with Gasteiger partial charge in [-0.1, -0.05) is 11.5 Å². The normalized spacial score (nSPS) is 8.38. The van der Waals surface area contributed by atoms with E-state index in [1.54, 1.807) is 14.2 Å². The Morgan fingerprint density at radius 3 is 2.06 bits per heavy atom. The fourth-order valence-electron chi connectivity index (χ4n) is 1.54. The Balaban J connectivity index is 0. The summed E-state index contributed by atoms with van der Waals surface area (Å²) in [4.78, 5) is 0. The van der Waals surface area contributed by atoms with Gasteiger partial charge in [0.05, 0.1) is 20.0 Å². The van der Waals surface area contributed by atoms with Gasteiger partial charge in [-0.25, -0.2) is 0 Å². The predicted octanol–water partition coefficient (Wildman–Crippen LogP) is -3.42. The molecule has 2 rings (SSSR count). The van der Waals surface area contributed by atoms with Gasteiger partial charge in [0.2, 0.25) is 0 Å². The van der Waals surface area contributed by atoms with Crippen molar-refractivity contribution < 1.29 is 60.1 Å². The Kier molecular flexibility index (Phi) is 9.17. The van der Waals surface area contributed by atoms with Gasteiger partial charge in [-0.2, -0.15) is 12.1 Å². The van der Waals surface area contributed by atoms with Gasteiger partial charge >= 0.3 is 25.8 Å². The number of methoxy groups -OCH3 is 2. The molecule has 0 heterocycles. The van der Waals surface area contributed by atoms with Gasteiger partial charge in [-0.05, 0) is 6.07 Å². The third-order valence-electron chi connectivity index (χ3n) is 2.17. The van der Waals surface area contributed by atoms with Crippen LogP contribution in [0.25, 0.3) is 10.8 Å². The summed E-state index contributed by atoms with van der Waals surface area (Å²) in [6, 6.07) is 9.88. The molecular formula is C11H11Cl2HfO2+. The van der Waals surface area contributed by atoms with E-state index in [4.69, 9.17) is 9.47 Å². The van der Waals surface area contributed by atoms with Crippen molar-refractivity contribution in [1.82, 2.24) is 0 Å². The SMILES string of the molecule is COc1ccc(OC)c2[cH-]ccc12.[Cl-].[Cl-].[Hf+4]. The van der Waals surface area contributed by atoms with Gasteiger partial charge in [0.15, 0.2) is 0 Å². The van der Waals surface area contributed by atoms with Crippen LogP contribution in [0.4, 0.5) is 0 Å². The zero-order valence-electron chi connectivity index (χ0n) is 8.96. The molecule has 2 aromatic rings. The van der Waals surface area contributed by atoms with E-state index in [0.717, 1.165) is 22.3 Å². The molecule has 0 N–H and O–H groups in total. The minimum absolute atomic E-state index is 0. The van der Waals surface area contributed by atoms with Crippen LogP contribution >= 0.6 is 0 Å². The quantitative estimate of drug-likeness (QED) is 0.369. The molecule has 0 saturated heterocycles. The van der Waals surface area contributed by atoms with E-state index in [2.05, 4.69) is 0 Å². The van der Waals surface area contributed by atoms with Crippen molar-refractivity contribution in [3.05, 3.63) is 30.3 Å². The molecular weight excluding hydrogens is 414 g/mol. The Bertz CT molecular complexity index is 391. The van der Waals surface area contributed by atoms with Crippen molar-refractivity contribution in [2.45, 2.75) is 0 Å². The molecule has 0 atom stereocenters. The summed E-state index contributed by atoms with van der Waals surface area (Å²) in [5, 5.41) is 2.20. The Labute approximate surface area is 126 Å². The largest absolute Gasteiger partial charge is 4.00 e. The van der Waals surface area contributed by atoms with Gasteiger partial charge in [-0.15, -0.1) is 11.5 Å². The fourth-order valence-corrected chi connectivity index (χ4v) is 1.54. The average molecular weight is 425 g/mol. The first-order valence-corrected chi connectivity index (χ1v) is 4.13. The zero-order chi connectivity index (χ0) is 9.26. The molecule has 0 saturated carbocycles. The van der Waals surface area contributed by atoms with Crippen LogP contribution in [0, 0.1) is 0 Å². The first kappa shape index (κ1) is 18.3. The van der Waals surface area contributed by atoms with E-state index < -0.39 is 0 Å². The smallest absolute Gasteiger partial charge is 1.00 e.